The summed E-state index contributed by atoms with van der Waals surface area (Å²) in [7, 11) is 0. The minimum absolute atomic E-state index is 0.681. The third-order valence-electron chi connectivity index (χ3n) is 3.47. The van der Waals surface area contributed by atoms with E-state index >= 15 is 0 Å². The van der Waals surface area contributed by atoms with Gasteiger partial charge in [0.25, 0.3) is 0 Å². The first-order chi connectivity index (χ1) is 4.23. The molecule has 2 aliphatic rings. The SMILES string of the molecule is CC1(C2CC2)CCC1[NH3+]. The Bertz CT molecular complexity index is 125. The monoisotopic (exact) mass is 126 g/mol. The maximum atomic E-state index is 4.16. The molecule has 0 aromatic carbocycles. The van der Waals surface area contributed by atoms with Crippen LogP contribution in [0.4, 0.5) is 0 Å². The maximum Gasteiger partial charge on any atom is 0.0900 e. The van der Waals surface area contributed by atoms with E-state index in [-0.39, 0.29) is 0 Å². The molecule has 1 heteroatoms. The fourth-order valence-corrected chi connectivity index (χ4v) is 2.08. The standard InChI is InChI=1S/C8H15N/c1-8(6-2-3-6)5-4-7(8)9/h6-7H,2-5,9H2,1H3/p+1. The highest BCUT2D eigenvalue weighted by Gasteiger charge is 2.53. The van der Waals surface area contributed by atoms with Crippen molar-refractivity contribution in [2.45, 2.75) is 38.6 Å². The average Bonchev–Trinajstić information content (AvgIpc) is 2.64. The lowest BCUT2D eigenvalue weighted by molar-refractivity contribution is -0.473. The van der Waals surface area contributed by atoms with Crippen molar-refractivity contribution in [1.29, 1.82) is 0 Å². The molecule has 52 valence electrons. The van der Waals surface area contributed by atoms with E-state index < -0.39 is 0 Å². The number of quaternary nitrogens is 1. The van der Waals surface area contributed by atoms with E-state index in [4.69, 9.17) is 0 Å². The smallest absolute Gasteiger partial charge is 0.0900 e. The number of rotatable bonds is 1. The van der Waals surface area contributed by atoms with E-state index in [1.807, 2.05) is 0 Å². The first-order valence-electron chi connectivity index (χ1n) is 4.06. The first kappa shape index (κ1) is 5.72. The summed E-state index contributed by atoms with van der Waals surface area (Å²) >= 11 is 0. The summed E-state index contributed by atoms with van der Waals surface area (Å²) in [5.74, 6) is 1.06. The quantitative estimate of drug-likeness (QED) is 0.538. The number of hydrogen-bond acceptors (Lipinski definition) is 0. The lowest BCUT2D eigenvalue weighted by Crippen LogP contribution is -2.73. The molecular formula is C8H16N+. The second-order valence-corrected chi connectivity index (χ2v) is 4.02. The lowest BCUT2D eigenvalue weighted by atomic mass is 9.63. The van der Waals surface area contributed by atoms with E-state index in [9.17, 15) is 0 Å². The Morgan fingerprint density at radius 2 is 2.00 bits per heavy atom. The molecule has 0 radical (unpaired) electrons. The van der Waals surface area contributed by atoms with Crippen molar-refractivity contribution < 1.29 is 5.73 Å². The van der Waals surface area contributed by atoms with Gasteiger partial charge in [0.2, 0.25) is 0 Å². The van der Waals surface area contributed by atoms with Gasteiger partial charge in [0.15, 0.2) is 0 Å². The molecule has 2 unspecified atom stereocenters. The highest BCUT2D eigenvalue weighted by molar-refractivity contribution is 5.01. The zero-order valence-corrected chi connectivity index (χ0v) is 6.19. The molecular weight excluding hydrogens is 110 g/mol. The molecule has 0 saturated heterocycles. The van der Waals surface area contributed by atoms with Crippen molar-refractivity contribution in [3.8, 4) is 0 Å². The van der Waals surface area contributed by atoms with Crippen LogP contribution in [0.5, 0.6) is 0 Å². The van der Waals surface area contributed by atoms with Crippen LogP contribution < -0.4 is 5.73 Å². The van der Waals surface area contributed by atoms with Crippen LogP contribution in [0.3, 0.4) is 0 Å². The van der Waals surface area contributed by atoms with Crippen LogP contribution in [0, 0.1) is 11.3 Å². The van der Waals surface area contributed by atoms with Crippen molar-refractivity contribution in [2.24, 2.45) is 11.3 Å². The van der Waals surface area contributed by atoms with Gasteiger partial charge >= 0.3 is 0 Å². The summed E-state index contributed by atoms with van der Waals surface area (Å²) in [5, 5.41) is 0. The largest absolute Gasteiger partial charge is 0.355 e. The van der Waals surface area contributed by atoms with Crippen LogP contribution in [0.2, 0.25) is 0 Å². The van der Waals surface area contributed by atoms with Gasteiger partial charge in [0.05, 0.1) is 6.04 Å². The van der Waals surface area contributed by atoms with Gasteiger partial charge in [-0.25, -0.2) is 0 Å². The van der Waals surface area contributed by atoms with Gasteiger partial charge in [-0.2, -0.15) is 0 Å². The van der Waals surface area contributed by atoms with E-state index in [2.05, 4.69) is 12.7 Å². The van der Waals surface area contributed by atoms with Crippen molar-refractivity contribution >= 4 is 0 Å². The van der Waals surface area contributed by atoms with Crippen LogP contribution >= 0.6 is 0 Å². The molecule has 1 nitrogen and oxygen atoms in total. The summed E-state index contributed by atoms with van der Waals surface area (Å²) in [6, 6.07) is 0.782. The second kappa shape index (κ2) is 1.51. The number of hydrogen-bond donors (Lipinski definition) is 1. The van der Waals surface area contributed by atoms with Gasteiger partial charge in [-0.05, 0) is 25.2 Å². The van der Waals surface area contributed by atoms with Crippen molar-refractivity contribution in [1.82, 2.24) is 0 Å². The van der Waals surface area contributed by atoms with Gasteiger partial charge in [0, 0.05) is 11.8 Å². The average molecular weight is 126 g/mol. The van der Waals surface area contributed by atoms with E-state index in [1.165, 1.54) is 25.7 Å². The molecule has 0 heterocycles. The predicted octanol–water partition coefficient (Wildman–Crippen LogP) is 0.807. The minimum atomic E-state index is 0.681. The summed E-state index contributed by atoms with van der Waals surface area (Å²) < 4.78 is 0. The van der Waals surface area contributed by atoms with E-state index in [0.29, 0.717) is 5.41 Å². The Hall–Kier alpha value is -0.0400. The molecule has 2 saturated carbocycles. The maximum absolute atomic E-state index is 4.16. The lowest BCUT2D eigenvalue weighted by Gasteiger charge is -2.42. The van der Waals surface area contributed by atoms with Crippen molar-refractivity contribution in [3.63, 3.8) is 0 Å². The van der Waals surface area contributed by atoms with Crippen LogP contribution in [-0.4, -0.2) is 6.04 Å². The van der Waals surface area contributed by atoms with E-state index in [1.54, 1.807) is 0 Å². The molecule has 2 aliphatic carbocycles. The Morgan fingerprint density at radius 1 is 1.33 bits per heavy atom. The highest BCUT2D eigenvalue weighted by atomic mass is 14.8. The van der Waals surface area contributed by atoms with Crippen molar-refractivity contribution in [2.75, 3.05) is 0 Å². The van der Waals surface area contributed by atoms with Gasteiger partial charge in [-0.15, -0.1) is 0 Å². The Labute approximate surface area is 56.6 Å². The van der Waals surface area contributed by atoms with Gasteiger partial charge in [-0.1, -0.05) is 6.92 Å². The Morgan fingerprint density at radius 3 is 2.11 bits per heavy atom. The zero-order valence-electron chi connectivity index (χ0n) is 6.19. The summed E-state index contributed by atoms with van der Waals surface area (Å²) in [4.78, 5) is 0. The van der Waals surface area contributed by atoms with Crippen LogP contribution in [-0.2, 0) is 0 Å². The van der Waals surface area contributed by atoms with Crippen LogP contribution in [0.1, 0.15) is 32.6 Å². The highest BCUT2D eigenvalue weighted by Crippen LogP contribution is 2.55. The molecule has 0 aromatic heterocycles. The second-order valence-electron chi connectivity index (χ2n) is 4.02. The topological polar surface area (TPSA) is 27.6 Å². The first-order valence-corrected chi connectivity index (χ1v) is 4.06. The molecule has 0 spiro atoms. The molecule has 0 aliphatic heterocycles. The summed E-state index contributed by atoms with van der Waals surface area (Å²) in [6.07, 6.45) is 5.81. The fourth-order valence-electron chi connectivity index (χ4n) is 2.08. The molecule has 0 amide bonds. The third kappa shape index (κ3) is 0.644. The molecule has 2 atom stereocenters. The molecule has 9 heavy (non-hydrogen) atoms. The molecule has 2 fully saturated rings. The minimum Gasteiger partial charge on any atom is -0.355 e. The summed E-state index contributed by atoms with van der Waals surface area (Å²) in [6.45, 7) is 2.42. The van der Waals surface area contributed by atoms with E-state index in [0.717, 1.165) is 12.0 Å². The summed E-state index contributed by atoms with van der Waals surface area (Å²) in [5.41, 5.74) is 4.84. The Kier molecular flexibility index (Phi) is 0.963. The van der Waals surface area contributed by atoms with Gasteiger partial charge < -0.3 is 5.73 Å². The predicted molar refractivity (Wildman–Crippen MR) is 36.7 cm³/mol. The van der Waals surface area contributed by atoms with Crippen LogP contribution in [0.25, 0.3) is 0 Å². The normalized spacial score (nSPS) is 50.7. The molecule has 2 rings (SSSR count). The van der Waals surface area contributed by atoms with Crippen molar-refractivity contribution in [3.05, 3.63) is 0 Å². The molecule has 0 bridgehead atoms. The molecule has 0 aromatic rings. The van der Waals surface area contributed by atoms with Gasteiger partial charge in [-0.3, -0.25) is 0 Å². The zero-order chi connectivity index (χ0) is 6.48. The van der Waals surface area contributed by atoms with Gasteiger partial charge in [0.1, 0.15) is 0 Å². The van der Waals surface area contributed by atoms with Crippen LogP contribution in [0.15, 0.2) is 0 Å². The fraction of sp³-hybridized carbons (Fsp3) is 1.00. The molecule has 3 N–H and O–H groups in total. The third-order valence-corrected chi connectivity index (χ3v) is 3.47. The Balaban J connectivity index is 2.04.